The Balaban J connectivity index is 1.74. The molecule has 1 saturated carbocycles. The smallest absolute Gasteiger partial charge is 0.228 e. The number of nitrogens with zero attached hydrogens (tertiary/aromatic N) is 2. The average Bonchev–Trinajstić information content (AvgIpc) is 2.50. The first kappa shape index (κ1) is 14.9. The van der Waals surface area contributed by atoms with E-state index >= 15 is 0 Å². The number of nitrogens with one attached hydrogen (secondary N) is 1. The number of hydrogen-bond acceptors (Lipinski definition) is 4. The lowest BCUT2D eigenvalue weighted by atomic mass is 9.81. The van der Waals surface area contributed by atoms with Gasteiger partial charge in [0.05, 0.1) is 5.02 Å². The highest BCUT2D eigenvalue weighted by atomic mass is 35.5. The van der Waals surface area contributed by atoms with E-state index in [-0.39, 0.29) is 23.5 Å². The number of halogens is 1. The predicted molar refractivity (Wildman–Crippen MR) is 84.7 cm³/mol. The molecular weight excluding hydrogens is 302 g/mol. The van der Waals surface area contributed by atoms with E-state index in [4.69, 9.17) is 11.6 Å². The van der Waals surface area contributed by atoms with E-state index in [0.29, 0.717) is 35.8 Å². The molecule has 2 aromatic rings. The number of fused-ring (bicyclic) bond motifs is 1. The molecule has 0 saturated heterocycles. The van der Waals surface area contributed by atoms with Crippen molar-refractivity contribution in [1.82, 2.24) is 9.97 Å². The number of carbonyl (C=O) groups is 2. The molecule has 2 aromatic heterocycles. The molecule has 5 nitrogen and oxygen atoms in total. The fourth-order valence-corrected chi connectivity index (χ4v) is 2.93. The van der Waals surface area contributed by atoms with Crippen LogP contribution < -0.4 is 5.32 Å². The van der Waals surface area contributed by atoms with Gasteiger partial charge in [-0.05, 0) is 31.0 Å². The van der Waals surface area contributed by atoms with Gasteiger partial charge in [0, 0.05) is 29.8 Å². The van der Waals surface area contributed by atoms with Crippen LogP contribution in [0.25, 0.3) is 11.0 Å². The molecule has 1 N–H and O–H groups in total. The van der Waals surface area contributed by atoms with Gasteiger partial charge in [0.25, 0.3) is 0 Å². The molecule has 6 heteroatoms. The van der Waals surface area contributed by atoms with E-state index in [1.54, 1.807) is 12.1 Å². The highest BCUT2D eigenvalue weighted by molar-refractivity contribution is 6.31. The van der Waals surface area contributed by atoms with Crippen LogP contribution in [0, 0.1) is 11.8 Å². The third-order valence-electron chi connectivity index (χ3n) is 4.06. The predicted octanol–water partition coefficient (Wildman–Crippen LogP) is 3.23. The third-order valence-corrected chi connectivity index (χ3v) is 4.26. The Morgan fingerprint density at radius 1 is 1.41 bits per heavy atom. The molecular formula is C16H16ClN3O2. The molecule has 2 unspecified atom stereocenters. The lowest BCUT2D eigenvalue weighted by Crippen LogP contribution is -2.31. The van der Waals surface area contributed by atoms with Crippen LogP contribution in [-0.2, 0) is 9.59 Å². The van der Waals surface area contributed by atoms with Gasteiger partial charge >= 0.3 is 0 Å². The van der Waals surface area contributed by atoms with Crippen molar-refractivity contribution in [3.63, 3.8) is 0 Å². The molecule has 3 rings (SSSR count). The summed E-state index contributed by atoms with van der Waals surface area (Å²) in [6, 6.07) is 5.33. The molecule has 1 fully saturated rings. The molecule has 0 spiro atoms. The lowest BCUT2D eigenvalue weighted by Gasteiger charge is -2.24. The first-order valence-electron chi connectivity index (χ1n) is 7.29. The largest absolute Gasteiger partial charge is 0.310 e. The van der Waals surface area contributed by atoms with Crippen molar-refractivity contribution in [2.75, 3.05) is 5.32 Å². The van der Waals surface area contributed by atoms with Crippen molar-refractivity contribution < 1.29 is 9.59 Å². The molecule has 2 atom stereocenters. The lowest BCUT2D eigenvalue weighted by molar-refractivity contribution is -0.128. The topological polar surface area (TPSA) is 72.0 Å². The Kier molecular flexibility index (Phi) is 4.07. The first-order chi connectivity index (χ1) is 10.5. The number of anilines is 1. The summed E-state index contributed by atoms with van der Waals surface area (Å²) in [4.78, 5) is 32.3. The second-order valence-electron chi connectivity index (χ2n) is 5.72. The Hall–Kier alpha value is -2.01. The quantitative estimate of drug-likeness (QED) is 0.923. The van der Waals surface area contributed by atoms with Crippen LogP contribution in [-0.4, -0.2) is 21.7 Å². The number of ketones is 1. The van der Waals surface area contributed by atoms with E-state index in [1.165, 1.54) is 6.20 Å². The van der Waals surface area contributed by atoms with Crippen molar-refractivity contribution in [3.8, 4) is 0 Å². The van der Waals surface area contributed by atoms with Gasteiger partial charge in [-0.3, -0.25) is 9.59 Å². The summed E-state index contributed by atoms with van der Waals surface area (Å²) in [5, 5.41) is 4.19. The summed E-state index contributed by atoms with van der Waals surface area (Å²) >= 11 is 5.88. The second kappa shape index (κ2) is 6.01. The van der Waals surface area contributed by atoms with Crippen molar-refractivity contribution in [2.45, 2.75) is 26.2 Å². The SMILES string of the molecule is CC1CC(C(=O)Nc2ccc3cc(Cl)cnc3n2)CCC1=O. The van der Waals surface area contributed by atoms with Crippen LogP contribution in [0.3, 0.4) is 0 Å². The fraction of sp³-hybridized carbons (Fsp3) is 0.375. The molecule has 1 aliphatic rings. The van der Waals surface area contributed by atoms with Crippen LogP contribution >= 0.6 is 11.6 Å². The van der Waals surface area contributed by atoms with Gasteiger partial charge in [-0.15, -0.1) is 0 Å². The van der Waals surface area contributed by atoms with Gasteiger partial charge in [0.1, 0.15) is 11.6 Å². The van der Waals surface area contributed by atoms with Crippen molar-refractivity contribution in [1.29, 1.82) is 0 Å². The zero-order valence-electron chi connectivity index (χ0n) is 12.2. The van der Waals surface area contributed by atoms with Crippen LogP contribution in [0.2, 0.25) is 5.02 Å². The number of pyridine rings is 2. The van der Waals surface area contributed by atoms with Crippen LogP contribution in [0.5, 0.6) is 0 Å². The van der Waals surface area contributed by atoms with Crippen molar-refractivity contribution in [3.05, 3.63) is 29.4 Å². The molecule has 114 valence electrons. The van der Waals surface area contributed by atoms with Crippen LogP contribution in [0.15, 0.2) is 24.4 Å². The first-order valence-corrected chi connectivity index (χ1v) is 7.66. The van der Waals surface area contributed by atoms with Crippen LogP contribution in [0.1, 0.15) is 26.2 Å². The summed E-state index contributed by atoms with van der Waals surface area (Å²) in [5.74, 6) is 0.451. The zero-order valence-corrected chi connectivity index (χ0v) is 12.9. The van der Waals surface area contributed by atoms with Gasteiger partial charge in [-0.25, -0.2) is 9.97 Å². The normalized spacial score (nSPS) is 21.8. The van der Waals surface area contributed by atoms with Gasteiger partial charge in [-0.1, -0.05) is 18.5 Å². The molecule has 2 heterocycles. The molecule has 0 aliphatic heterocycles. The van der Waals surface area contributed by atoms with E-state index in [1.807, 2.05) is 13.0 Å². The van der Waals surface area contributed by atoms with E-state index in [2.05, 4.69) is 15.3 Å². The Bertz CT molecular complexity index is 747. The molecule has 1 aliphatic carbocycles. The summed E-state index contributed by atoms with van der Waals surface area (Å²) in [6.07, 6.45) is 3.21. The zero-order chi connectivity index (χ0) is 15.7. The summed E-state index contributed by atoms with van der Waals surface area (Å²) in [5.41, 5.74) is 0.536. The Labute approximate surface area is 133 Å². The van der Waals surface area contributed by atoms with E-state index < -0.39 is 0 Å². The van der Waals surface area contributed by atoms with Gasteiger partial charge < -0.3 is 5.32 Å². The van der Waals surface area contributed by atoms with Gasteiger partial charge in [0.2, 0.25) is 5.91 Å². The summed E-state index contributed by atoms with van der Waals surface area (Å²) in [7, 11) is 0. The molecule has 0 aromatic carbocycles. The van der Waals surface area contributed by atoms with Gasteiger partial charge in [-0.2, -0.15) is 0 Å². The number of rotatable bonds is 2. The molecule has 0 radical (unpaired) electrons. The third kappa shape index (κ3) is 3.09. The minimum absolute atomic E-state index is 0.0436. The summed E-state index contributed by atoms with van der Waals surface area (Å²) in [6.45, 7) is 1.88. The maximum absolute atomic E-state index is 12.3. The summed E-state index contributed by atoms with van der Waals surface area (Å²) < 4.78 is 0. The number of amides is 1. The minimum Gasteiger partial charge on any atom is -0.310 e. The Morgan fingerprint density at radius 3 is 3.00 bits per heavy atom. The van der Waals surface area contributed by atoms with E-state index in [9.17, 15) is 9.59 Å². The average molecular weight is 318 g/mol. The maximum atomic E-state index is 12.3. The maximum Gasteiger partial charge on any atom is 0.228 e. The van der Waals surface area contributed by atoms with Crippen molar-refractivity contribution in [2.24, 2.45) is 11.8 Å². The van der Waals surface area contributed by atoms with Crippen molar-refractivity contribution >= 4 is 40.1 Å². The van der Waals surface area contributed by atoms with Crippen LogP contribution in [0.4, 0.5) is 5.82 Å². The Morgan fingerprint density at radius 2 is 2.23 bits per heavy atom. The number of hydrogen-bond donors (Lipinski definition) is 1. The monoisotopic (exact) mass is 317 g/mol. The van der Waals surface area contributed by atoms with Gasteiger partial charge in [0.15, 0.2) is 5.65 Å². The fourth-order valence-electron chi connectivity index (χ4n) is 2.76. The standard InChI is InChI=1S/C16H16ClN3O2/c1-9-6-11(2-4-13(9)21)16(22)20-14-5-3-10-7-12(17)8-18-15(10)19-14/h3,5,7-9,11H,2,4,6H2,1H3,(H,18,19,20,22). The molecule has 1 amide bonds. The number of aromatic nitrogens is 2. The highest BCUT2D eigenvalue weighted by Gasteiger charge is 2.30. The number of Topliss-reactive ketones (excluding diaryl/α,β-unsaturated/α-hetero) is 1. The highest BCUT2D eigenvalue weighted by Crippen LogP contribution is 2.27. The molecule has 0 bridgehead atoms. The number of carbonyl (C=O) groups excluding carboxylic acids is 2. The minimum atomic E-state index is -0.136. The molecule has 22 heavy (non-hydrogen) atoms. The second-order valence-corrected chi connectivity index (χ2v) is 6.16. The van der Waals surface area contributed by atoms with E-state index in [0.717, 1.165) is 5.39 Å².